The van der Waals surface area contributed by atoms with E-state index in [1.807, 2.05) is 16.8 Å². The van der Waals surface area contributed by atoms with E-state index in [2.05, 4.69) is 32.9 Å². The molecule has 1 aromatic carbocycles. The molecule has 106 valence electrons. The van der Waals surface area contributed by atoms with Crippen molar-refractivity contribution >= 4 is 5.91 Å². The number of nitrogens with zero attached hydrogens (tertiary/aromatic N) is 1. The molecule has 0 radical (unpaired) electrons. The number of aromatic nitrogens is 1. The lowest BCUT2D eigenvalue weighted by Gasteiger charge is -2.08. The second-order valence-electron chi connectivity index (χ2n) is 5.01. The average Bonchev–Trinajstić information content (AvgIpc) is 2.34. The van der Waals surface area contributed by atoms with Gasteiger partial charge in [0.1, 0.15) is 5.56 Å². The highest BCUT2D eigenvalue weighted by Crippen LogP contribution is 2.15. The van der Waals surface area contributed by atoms with Gasteiger partial charge < -0.3 is 18.1 Å². The zero-order valence-corrected chi connectivity index (χ0v) is 12.7. The van der Waals surface area contributed by atoms with Crippen molar-refractivity contribution in [3.63, 3.8) is 0 Å². The maximum Gasteiger partial charge on any atom is 0.254 e. The van der Waals surface area contributed by atoms with Gasteiger partial charge in [0.25, 0.3) is 5.91 Å². The fraction of sp³-hybridized carbons (Fsp3) is 0.250. The molecular weight excluding hydrogens is 272 g/mol. The number of carbonyl (C=O) groups excluding carboxylic acids is 1. The van der Waals surface area contributed by atoms with Crippen molar-refractivity contribution in [1.29, 1.82) is 0 Å². The Morgan fingerprint density at radius 1 is 1.20 bits per heavy atom. The normalized spacial score (nSPS) is 9.95. The van der Waals surface area contributed by atoms with Gasteiger partial charge in [0.2, 0.25) is 0 Å². The Kier molecular flexibility index (Phi) is 5.28. The first kappa shape index (κ1) is 16.2. The summed E-state index contributed by atoms with van der Waals surface area (Å²) in [6.45, 7) is 7.09. The van der Waals surface area contributed by atoms with E-state index >= 15 is 0 Å². The van der Waals surface area contributed by atoms with Crippen LogP contribution in [0.25, 0.3) is 0 Å². The minimum atomic E-state index is -0.397. The summed E-state index contributed by atoms with van der Waals surface area (Å²) in [5, 5.41) is 0. The molecule has 0 aliphatic carbocycles. The summed E-state index contributed by atoms with van der Waals surface area (Å²) in [6, 6.07) is 7.94. The molecule has 20 heavy (non-hydrogen) atoms. The number of benzene rings is 1. The Balaban J connectivity index is 0.00000200. The van der Waals surface area contributed by atoms with Crippen LogP contribution < -0.4 is 22.7 Å². The topological polar surface area (TPSA) is 47.0 Å². The molecule has 0 aliphatic heterocycles. The van der Waals surface area contributed by atoms with Gasteiger partial charge in [-0.05, 0) is 38.0 Å². The zero-order chi connectivity index (χ0) is 14.0. The molecule has 0 fully saturated rings. The predicted molar refractivity (Wildman–Crippen MR) is 74.9 cm³/mol. The van der Waals surface area contributed by atoms with Gasteiger partial charge in [-0.25, -0.2) is 0 Å². The van der Waals surface area contributed by atoms with Crippen LogP contribution in [-0.2, 0) is 6.54 Å². The molecule has 0 saturated heterocycles. The zero-order valence-electron chi connectivity index (χ0n) is 12.0. The first-order valence-corrected chi connectivity index (χ1v) is 6.33. The van der Waals surface area contributed by atoms with Crippen molar-refractivity contribution in [2.75, 3.05) is 0 Å². The van der Waals surface area contributed by atoms with Crippen molar-refractivity contribution < 1.29 is 21.8 Å². The molecule has 0 unspecified atom stereocenters. The summed E-state index contributed by atoms with van der Waals surface area (Å²) >= 11 is 0. The van der Waals surface area contributed by atoms with Gasteiger partial charge in [-0.15, -0.1) is 0 Å². The number of aryl methyl sites for hydroxylation is 3. The van der Waals surface area contributed by atoms with Crippen molar-refractivity contribution in [2.45, 2.75) is 27.3 Å². The fourth-order valence-electron chi connectivity index (χ4n) is 2.41. The van der Waals surface area contributed by atoms with Gasteiger partial charge in [0, 0.05) is 11.6 Å². The van der Waals surface area contributed by atoms with Crippen molar-refractivity contribution in [1.82, 2.24) is 0 Å². The van der Waals surface area contributed by atoms with E-state index in [0.29, 0.717) is 5.56 Å². The van der Waals surface area contributed by atoms with E-state index in [-0.39, 0.29) is 12.4 Å². The first-order valence-electron chi connectivity index (χ1n) is 6.33. The second kappa shape index (κ2) is 6.53. The van der Waals surface area contributed by atoms with Crippen molar-refractivity contribution in [3.8, 4) is 0 Å². The van der Waals surface area contributed by atoms with Crippen LogP contribution in [0.15, 0.2) is 36.7 Å². The monoisotopic (exact) mass is 290 g/mol. The van der Waals surface area contributed by atoms with E-state index < -0.39 is 5.91 Å². The largest absolute Gasteiger partial charge is 1.00 e. The van der Waals surface area contributed by atoms with E-state index in [1.54, 1.807) is 12.3 Å². The molecule has 2 N–H and O–H groups in total. The van der Waals surface area contributed by atoms with E-state index in [1.165, 1.54) is 22.3 Å². The lowest BCUT2D eigenvalue weighted by molar-refractivity contribution is -0.688. The first-order chi connectivity index (χ1) is 8.97. The van der Waals surface area contributed by atoms with Crippen molar-refractivity contribution in [2.24, 2.45) is 5.73 Å². The summed E-state index contributed by atoms with van der Waals surface area (Å²) in [5.74, 6) is -0.397. The Hall–Kier alpha value is -1.87. The number of hydrogen-bond acceptors (Lipinski definition) is 1. The van der Waals surface area contributed by atoms with Crippen LogP contribution >= 0.6 is 0 Å². The van der Waals surface area contributed by atoms with Crippen LogP contribution in [0.4, 0.5) is 0 Å². The molecule has 3 nitrogen and oxygen atoms in total. The van der Waals surface area contributed by atoms with Crippen LogP contribution in [0.3, 0.4) is 0 Å². The number of nitrogens with two attached hydrogens (primary N) is 1. The molecule has 0 saturated carbocycles. The van der Waals surface area contributed by atoms with Crippen LogP contribution in [0.5, 0.6) is 0 Å². The lowest BCUT2D eigenvalue weighted by Crippen LogP contribution is -3.00. The molecule has 2 rings (SSSR count). The van der Waals surface area contributed by atoms with E-state index in [4.69, 9.17) is 5.73 Å². The van der Waals surface area contributed by atoms with Gasteiger partial charge in [-0.1, -0.05) is 17.7 Å². The molecule has 0 atom stereocenters. The second-order valence-corrected chi connectivity index (χ2v) is 5.01. The van der Waals surface area contributed by atoms with E-state index in [0.717, 1.165) is 6.54 Å². The molecule has 2 aromatic rings. The summed E-state index contributed by atoms with van der Waals surface area (Å²) < 4.78 is 1.99. The van der Waals surface area contributed by atoms with Gasteiger partial charge in [-0.2, -0.15) is 4.57 Å². The summed E-state index contributed by atoms with van der Waals surface area (Å²) in [7, 11) is 0. The smallest absolute Gasteiger partial charge is 0.254 e. The number of rotatable bonds is 3. The number of primary amides is 1. The van der Waals surface area contributed by atoms with Gasteiger partial charge in [0.15, 0.2) is 18.9 Å². The third-order valence-corrected chi connectivity index (χ3v) is 3.32. The molecule has 0 bridgehead atoms. The number of amides is 1. The minimum absolute atomic E-state index is 0. The summed E-state index contributed by atoms with van der Waals surface area (Å²) in [5.41, 5.74) is 10.9. The quantitative estimate of drug-likeness (QED) is 0.728. The molecule has 1 aromatic heterocycles. The van der Waals surface area contributed by atoms with Gasteiger partial charge in [-0.3, -0.25) is 4.79 Å². The number of hydrogen-bond donors (Lipinski definition) is 1. The molecule has 1 heterocycles. The van der Waals surface area contributed by atoms with Gasteiger partial charge >= 0.3 is 0 Å². The number of pyridine rings is 1. The Labute approximate surface area is 125 Å². The summed E-state index contributed by atoms with van der Waals surface area (Å²) in [6.07, 6.45) is 3.74. The van der Waals surface area contributed by atoms with Crippen LogP contribution in [0.1, 0.15) is 32.6 Å². The molecule has 1 amide bonds. The van der Waals surface area contributed by atoms with Crippen LogP contribution in [-0.4, -0.2) is 5.91 Å². The number of carbonyl (C=O) groups is 1. The van der Waals surface area contributed by atoms with Crippen LogP contribution in [0, 0.1) is 20.8 Å². The highest BCUT2D eigenvalue weighted by Gasteiger charge is 2.11. The lowest BCUT2D eigenvalue weighted by atomic mass is 10.00. The molecular formula is C16H19ClN2O. The maximum atomic E-state index is 11.2. The van der Waals surface area contributed by atoms with Gasteiger partial charge in [0.05, 0.1) is 0 Å². The van der Waals surface area contributed by atoms with E-state index in [9.17, 15) is 4.79 Å². The minimum Gasteiger partial charge on any atom is -1.00 e. The van der Waals surface area contributed by atoms with Crippen LogP contribution in [0.2, 0.25) is 0 Å². The predicted octanol–water partition coefficient (Wildman–Crippen LogP) is -0.949. The Morgan fingerprint density at radius 2 is 1.80 bits per heavy atom. The third kappa shape index (κ3) is 3.58. The Morgan fingerprint density at radius 3 is 2.35 bits per heavy atom. The highest BCUT2D eigenvalue weighted by molar-refractivity contribution is 5.92. The average molecular weight is 291 g/mol. The molecule has 4 heteroatoms. The highest BCUT2D eigenvalue weighted by atomic mass is 35.5. The Bertz CT molecular complexity index is 615. The maximum absolute atomic E-state index is 11.2. The third-order valence-electron chi connectivity index (χ3n) is 3.32. The molecule has 0 aliphatic rings. The SMILES string of the molecule is Cc1cc(C)c(C[n+]2cccc(C(N)=O)c2)c(C)c1.[Cl-]. The molecule has 0 spiro atoms. The standard InChI is InChI=1S/C16H18N2O.ClH/c1-11-7-12(2)15(13(3)8-11)10-18-6-4-5-14(9-18)16(17)19;/h4-9H,10H2,1-3H3,(H-,17,19);1H. The summed E-state index contributed by atoms with van der Waals surface area (Å²) in [4.78, 5) is 11.2. The fourth-order valence-corrected chi connectivity index (χ4v) is 2.41. The number of halogens is 1. The van der Waals surface area contributed by atoms with Crippen molar-refractivity contribution in [3.05, 3.63) is 64.5 Å².